The van der Waals surface area contributed by atoms with E-state index in [1.54, 1.807) is 12.1 Å². The quantitative estimate of drug-likeness (QED) is 0.837. The third kappa shape index (κ3) is 3.06. The van der Waals surface area contributed by atoms with Crippen molar-refractivity contribution in [1.82, 2.24) is 4.90 Å². The van der Waals surface area contributed by atoms with Crippen molar-refractivity contribution in [3.05, 3.63) is 59.7 Å². The number of hydrogen-bond donors (Lipinski definition) is 2. The largest absolute Gasteiger partial charge is 0.399 e. The van der Waals surface area contributed by atoms with Gasteiger partial charge in [0.1, 0.15) is 0 Å². The highest BCUT2D eigenvalue weighted by molar-refractivity contribution is 5.95. The summed E-state index contributed by atoms with van der Waals surface area (Å²) in [7, 11) is 0. The van der Waals surface area contributed by atoms with E-state index in [-0.39, 0.29) is 5.91 Å². The highest BCUT2D eigenvalue weighted by Gasteiger charge is 2.24. The molecule has 0 aromatic heterocycles. The Morgan fingerprint density at radius 3 is 2.23 bits per heavy atom. The fourth-order valence-electron chi connectivity index (χ4n) is 3.08. The Balaban J connectivity index is 1.65. The molecule has 1 saturated heterocycles. The number of rotatable bonds is 2. The van der Waals surface area contributed by atoms with Crippen molar-refractivity contribution in [3.63, 3.8) is 0 Å². The molecule has 0 saturated carbocycles. The molecule has 0 spiro atoms. The standard InChI is InChI=1S/C18H21N3O/c19-16-5-1-3-14(11-16)13-7-9-21(10-8-13)18(22)15-4-2-6-17(20)12-15/h1-6,11-13H,7-10,19-20H2. The molecular formula is C18H21N3O. The summed E-state index contributed by atoms with van der Waals surface area (Å²) in [6.07, 6.45) is 1.94. The molecular weight excluding hydrogens is 274 g/mol. The van der Waals surface area contributed by atoms with Crippen LogP contribution in [0.4, 0.5) is 11.4 Å². The second-order valence-corrected chi connectivity index (χ2v) is 5.86. The summed E-state index contributed by atoms with van der Waals surface area (Å²) in [5.74, 6) is 0.548. The molecule has 0 unspecified atom stereocenters. The lowest BCUT2D eigenvalue weighted by Gasteiger charge is -2.32. The highest BCUT2D eigenvalue weighted by atomic mass is 16.2. The second kappa shape index (κ2) is 6.10. The van der Waals surface area contributed by atoms with Crippen molar-refractivity contribution < 1.29 is 4.79 Å². The summed E-state index contributed by atoms with van der Waals surface area (Å²) in [6, 6.07) is 15.2. The lowest BCUT2D eigenvalue weighted by Crippen LogP contribution is -2.37. The van der Waals surface area contributed by atoms with Crippen LogP contribution >= 0.6 is 0 Å². The monoisotopic (exact) mass is 295 g/mol. The van der Waals surface area contributed by atoms with E-state index in [9.17, 15) is 4.79 Å². The zero-order valence-corrected chi connectivity index (χ0v) is 12.5. The summed E-state index contributed by atoms with van der Waals surface area (Å²) >= 11 is 0. The first-order valence-electron chi connectivity index (χ1n) is 7.64. The summed E-state index contributed by atoms with van der Waals surface area (Å²) in [4.78, 5) is 14.4. The minimum absolute atomic E-state index is 0.0679. The maximum Gasteiger partial charge on any atom is 0.253 e. The number of carbonyl (C=O) groups excluding carboxylic acids is 1. The van der Waals surface area contributed by atoms with Crippen molar-refractivity contribution >= 4 is 17.3 Å². The zero-order valence-electron chi connectivity index (χ0n) is 12.5. The Hall–Kier alpha value is -2.49. The van der Waals surface area contributed by atoms with Crippen LogP contribution in [0.25, 0.3) is 0 Å². The normalized spacial score (nSPS) is 15.7. The second-order valence-electron chi connectivity index (χ2n) is 5.86. The van der Waals surface area contributed by atoms with Crippen LogP contribution in [-0.2, 0) is 0 Å². The van der Waals surface area contributed by atoms with Gasteiger partial charge in [-0.05, 0) is 54.7 Å². The van der Waals surface area contributed by atoms with Gasteiger partial charge in [-0.15, -0.1) is 0 Å². The predicted molar refractivity (Wildman–Crippen MR) is 89.6 cm³/mol. The molecule has 0 bridgehead atoms. The van der Waals surface area contributed by atoms with E-state index in [1.165, 1.54) is 5.56 Å². The minimum Gasteiger partial charge on any atom is -0.399 e. The average Bonchev–Trinajstić information content (AvgIpc) is 2.54. The average molecular weight is 295 g/mol. The Labute approximate surface area is 130 Å². The molecule has 1 amide bonds. The topological polar surface area (TPSA) is 72.4 Å². The van der Waals surface area contributed by atoms with Gasteiger partial charge in [0, 0.05) is 30.0 Å². The van der Waals surface area contributed by atoms with Gasteiger partial charge in [0.25, 0.3) is 5.91 Å². The fraction of sp³-hybridized carbons (Fsp3) is 0.278. The van der Waals surface area contributed by atoms with E-state index in [0.717, 1.165) is 31.6 Å². The van der Waals surface area contributed by atoms with E-state index in [2.05, 4.69) is 6.07 Å². The van der Waals surface area contributed by atoms with Gasteiger partial charge in [-0.25, -0.2) is 0 Å². The molecule has 0 radical (unpaired) electrons. The lowest BCUT2D eigenvalue weighted by molar-refractivity contribution is 0.0713. The van der Waals surface area contributed by atoms with Crippen molar-refractivity contribution in [2.75, 3.05) is 24.6 Å². The van der Waals surface area contributed by atoms with E-state index >= 15 is 0 Å². The van der Waals surface area contributed by atoms with Crippen molar-refractivity contribution in [1.29, 1.82) is 0 Å². The van der Waals surface area contributed by atoms with Gasteiger partial charge in [-0.3, -0.25) is 4.79 Å². The number of nitrogens with zero attached hydrogens (tertiary/aromatic N) is 1. The van der Waals surface area contributed by atoms with Crippen LogP contribution in [-0.4, -0.2) is 23.9 Å². The van der Waals surface area contributed by atoms with E-state index in [4.69, 9.17) is 11.5 Å². The number of nitrogens with two attached hydrogens (primary N) is 2. The Bertz CT molecular complexity index is 676. The van der Waals surface area contributed by atoms with Gasteiger partial charge in [0.15, 0.2) is 0 Å². The third-order valence-corrected chi connectivity index (χ3v) is 4.30. The van der Waals surface area contributed by atoms with Crippen LogP contribution in [0.3, 0.4) is 0 Å². The summed E-state index contributed by atoms with van der Waals surface area (Å²) in [5, 5.41) is 0. The number of piperidine rings is 1. The van der Waals surface area contributed by atoms with Crippen LogP contribution in [0.5, 0.6) is 0 Å². The molecule has 2 aromatic carbocycles. The van der Waals surface area contributed by atoms with Crippen LogP contribution in [0.1, 0.15) is 34.7 Å². The first-order chi connectivity index (χ1) is 10.6. The van der Waals surface area contributed by atoms with Crippen LogP contribution in [0.15, 0.2) is 48.5 Å². The number of hydrogen-bond acceptors (Lipinski definition) is 3. The molecule has 2 aromatic rings. The minimum atomic E-state index is 0.0679. The summed E-state index contributed by atoms with van der Waals surface area (Å²) in [5.41, 5.74) is 15.0. The fourth-order valence-corrected chi connectivity index (χ4v) is 3.08. The Kier molecular flexibility index (Phi) is 4.00. The molecule has 4 heteroatoms. The molecule has 3 rings (SSSR count). The van der Waals surface area contributed by atoms with Crippen molar-refractivity contribution in [2.45, 2.75) is 18.8 Å². The molecule has 4 N–H and O–H groups in total. The Morgan fingerprint density at radius 2 is 1.59 bits per heavy atom. The number of carbonyl (C=O) groups is 1. The van der Waals surface area contributed by atoms with Gasteiger partial charge in [-0.2, -0.15) is 0 Å². The van der Waals surface area contributed by atoms with Crippen LogP contribution in [0.2, 0.25) is 0 Å². The number of likely N-dealkylation sites (tertiary alicyclic amines) is 1. The molecule has 0 aliphatic carbocycles. The van der Waals surface area contributed by atoms with Gasteiger partial charge < -0.3 is 16.4 Å². The third-order valence-electron chi connectivity index (χ3n) is 4.30. The summed E-state index contributed by atoms with van der Waals surface area (Å²) in [6.45, 7) is 1.54. The van der Waals surface area contributed by atoms with Crippen molar-refractivity contribution in [2.24, 2.45) is 0 Å². The smallest absolute Gasteiger partial charge is 0.253 e. The van der Waals surface area contributed by atoms with E-state index < -0.39 is 0 Å². The SMILES string of the molecule is Nc1cccc(C(=O)N2CCC(c3cccc(N)c3)CC2)c1. The van der Waals surface area contributed by atoms with Gasteiger partial charge >= 0.3 is 0 Å². The summed E-state index contributed by atoms with van der Waals surface area (Å²) < 4.78 is 0. The molecule has 4 nitrogen and oxygen atoms in total. The molecule has 1 fully saturated rings. The van der Waals surface area contributed by atoms with Gasteiger partial charge in [0.2, 0.25) is 0 Å². The van der Waals surface area contributed by atoms with Crippen LogP contribution < -0.4 is 11.5 Å². The molecule has 1 aliphatic heterocycles. The predicted octanol–water partition coefficient (Wildman–Crippen LogP) is 2.87. The lowest BCUT2D eigenvalue weighted by atomic mass is 9.89. The molecule has 114 valence electrons. The number of anilines is 2. The maximum absolute atomic E-state index is 12.5. The maximum atomic E-state index is 12.5. The number of nitrogen functional groups attached to an aromatic ring is 2. The van der Waals surface area contributed by atoms with Gasteiger partial charge in [-0.1, -0.05) is 18.2 Å². The molecule has 22 heavy (non-hydrogen) atoms. The number of benzene rings is 2. The molecule has 1 heterocycles. The highest BCUT2D eigenvalue weighted by Crippen LogP contribution is 2.29. The first-order valence-corrected chi connectivity index (χ1v) is 7.64. The van der Waals surface area contributed by atoms with E-state index in [1.807, 2.05) is 35.2 Å². The molecule has 0 atom stereocenters. The first kappa shape index (κ1) is 14.4. The molecule has 1 aliphatic rings. The van der Waals surface area contributed by atoms with Crippen LogP contribution in [0, 0.1) is 0 Å². The van der Waals surface area contributed by atoms with Gasteiger partial charge in [0.05, 0.1) is 0 Å². The van der Waals surface area contributed by atoms with Crippen molar-refractivity contribution in [3.8, 4) is 0 Å². The number of amides is 1. The van der Waals surface area contributed by atoms with E-state index in [0.29, 0.717) is 17.2 Å². The zero-order chi connectivity index (χ0) is 15.5. The Morgan fingerprint density at radius 1 is 0.955 bits per heavy atom.